The number of aliphatic hydroxyl groups excluding tert-OH is 1. The van der Waals surface area contributed by atoms with Crippen LogP contribution in [0.1, 0.15) is 24.6 Å². The molecule has 0 spiro atoms. The van der Waals surface area contributed by atoms with Crippen LogP contribution in [0, 0.1) is 11.6 Å². The molecule has 2 heterocycles. The van der Waals surface area contributed by atoms with Crippen molar-refractivity contribution in [1.29, 1.82) is 0 Å². The Morgan fingerprint density at radius 3 is 2.62 bits per heavy atom. The number of anilines is 2. The Morgan fingerprint density at radius 2 is 1.91 bits per heavy atom. The summed E-state index contributed by atoms with van der Waals surface area (Å²) in [6.07, 6.45) is 6.44. The van der Waals surface area contributed by atoms with E-state index in [9.17, 15) is 13.9 Å². The number of benzene rings is 2. The molecule has 0 bridgehead atoms. The highest BCUT2D eigenvalue weighted by atomic mass is 19.1. The molecule has 6 nitrogen and oxygen atoms in total. The van der Waals surface area contributed by atoms with E-state index in [-0.39, 0.29) is 18.1 Å². The zero-order chi connectivity index (χ0) is 22.8. The van der Waals surface area contributed by atoms with Crippen LogP contribution >= 0.6 is 0 Å². The van der Waals surface area contributed by atoms with Gasteiger partial charge >= 0.3 is 0 Å². The number of allylic oxidation sites excluding steroid dienone is 1. The van der Waals surface area contributed by atoms with Gasteiger partial charge in [0.25, 0.3) is 0 Å². The molecule has 0 saturated carbocycles. The molecule has 0 aliphatic heterocycles. The number of fused-ring (bicyclic) bond motifs is 1. The zero-order valence-corrected chi connectivity index (χ0v) is 17.5. The van der Waals surface area contributed by atoms with Crippen LogP contribution in [0.15, 0.2) is 48.7 Å². The Labute approximate surface area is 183 Å². The molecule has 0 fully saturated rings. The summed E-state index contributed by atoms with van der Waals surface area (Å²) in [7, 11) is 0. The summed E-state index contributed by atoms with van der Waals surface area (Å²) in [6.45, 7) is 1.88. The van der Waals surface area contributed by atoms with E-state index in [1.807, 2.05) is 13.0 Å². The summed E-state index contributed by atoms with van der Waals surface area (Å²) in [4.78, 5) is 8.96. The lowest BCUT2D eigenvalue weighted by Gasteiger charge is -2.15. The van der Waals surface area contributed by atoms with Crippen molar-refractivity contribution in [3.8, 4) is 22.5 Å². The van der Waals surface area contributed by atoms with Crippen LogP contribution in [0.4, 0.5) is 20.3 Å². The summed E-state index contributed by atoms with van der Waals surface area (Å²) in [5, 5.41) is 9.34. The topological polar surface area (TPSA) is 102 Å². The average Bonchev–Trinajstić information content (AvgIpc) is 3.19. The molecule has 0 unspecified atom stereocenters. The molecule has 0 radical (unpaired) electrons. The number of aromatic nitrogens is 3. The molecule has 5 N–H and O–H groups in total. The van der Waals surface area contributed by atoms with Crippen molar-refractivity contribution in [2.75, 3.05) is 18.1 Å². The van der Waals surface area contributed by atoms with E-state index in [0.717, 1.165) is 6.42 Å². The van der Waals surface area contributed by atoms with Crippen LogP contribution in [-0.2, 0) is 6.42 Å². The molecular formula is C24H23F2N5O. The first-order valence-corrected chi connectivity index (χ1v) is 10.2. The lowest BCUT2D eigenvalue weighted by molar-refractivity contribution is 0.298. The third kappa shape index (κ3) is 3.92. The van der Waals surface area contributed by atoms with Crippen molar-refractivity contribution >= 4 is 23.2 Å². The van der Waals surface area contributed by atoms with E-state index in [1.54, 1.807) is 34.9 Å². The molecule has 8 heteroatoms. The van der Waals surface area contributed by atoms with Crippen molar-refractivity contribution in [2.24, 2.45) is 0 Å². The fraction of sp³-hybridized carbons (Fsp3) is 0.167. The van der Waals surface area contributed by atoms with E-state index in [1.165, 1.54) is 18.2 Å². The van der Waals surface area contributed by atoms with Gasteiger partial charge < -0.3 is 16.6 Å². The number of imidazole rings is 1. The van der Waals surface area contributed by atoms with E-state index in [0.29, 0.717) is 45.8 Å². The number of halogens is 2. The second kappa shape index (κ2) is 8.76. The van der Waals surface area contributed by atoms with Crippen LogP contribution in [0.5, 0.6) is 0 Å². The normalized spacial score (nSPS) is 11.6. The minimum atomic E-state index is -0.580. The van der Waals surface area contributed by atoms with E-state index >= 15 is 0 Å². The molecule has 2 aromatic heterocycles. The Bertz CT molecular complexity index is 1330. The van der Waals surface area contributed by atoms with Gasteiger partial charge in [0.2, 0.25) is 0 Å². The molecule has 2 aromatic carbocycles. The first kappa shape index (κ1) is 21.5. The van der Waals surface area contributed by atoms with E-state index in [2.05, 4.69) is 9.97 Å². The van der Waals surface area contributed by atoms with Crippen LogP contribution in [0.3, 0.4) is 0 Å². The van der Waals surface area contributed by atoms with Crippen LogP contribution in [0.2, 0.25) is 0 Å². The Kier molecular flexibility index (Phi) is 5.87. The minimum absolute atomic E-state index is 0.0389. The Balaban J connectivity index is 2.08. The highest BCUT2D eigenvalue weighted by Crippen LogP contribution is 2.36. The van der Waals surface area contributed by atoms with Gasteiger partial charge in [0, 0.05) is 35.9 Å². The van der Waals surface area contributed by atoms with Crippen molar-refractivity contribution < 1.29 is 13.9 Å². The molecule has 164 valence electrons. The van der Waals surface area contributed by atoms with Crippen LogP contribution in [-0.4, -0.2) is 26.1 Å². The Morgan fingerprint density at radius 1 is 1.09 bits per heavy atom. The van der Waals surface area contributed by atoms with Crippen LogP contribution in [0.25, 0.3) is 34.2 Å². The first-order chi connectivity index (χ1) is 15.4. The Hall–Kier alpha value is -3.78. The molecule has 0 amide bonds. The van der Waals surface area contributed by atoms with Gasteiger partial charge in [0.05, 0.1) is 22.8 Å². The van der Waals surface area contributed by atoms with Gasteiger partial charge in [-0.2, -0.15) is 0 Å². The van der Waals surface area contributed by atoms with Gasteiger partial charge in [0.1, 0.15) is 11.6 Å². The number of hydrogen-bond acceptors (Lipinski definition) is 5. The SMILES string of the molecule is CC/C=C\c1cc(-c2c(-c3cccc(F)c3)nc(N)c3nc(CCO)cn23)cc(F)c1N. The van der Waals surface area contributed by atoms with Gasteiger partial charge in [-0.15, -0.1) is 0 Å². The molecule has 0 aliphatic rings. The lowest BCUT2D eigenvalue weighted by atomic mass is 10.00. The van der Waals surface area contributed by atoms with Gasteiger partial charge in [-0.1, -0.05) is 31.2 Å². The number of nitrogens with zero attached hydrogens (tertiary/aromatic N) is 3. The third-order valence-electron chi connectivity index (χ3n) is 5.12. The first-order valence-electron chi connectivity index (χ1n) is 10.2. The summed E-state index contributed by atoms with van der Waals surface area (Å²) < 4.78 is 30.6. The van der Waals surface area contributed by atoms with Crippen molar-refractivity contribution in [3.05, 3.63) is 71.6 Å². The average molecular weight is 435 g/mol. The number of aliphatic hydroxyl groups is 1. The second-order valence-electron chi connectivity index (χ2n) is 7.38. The third-order valence-corrected chi connectivity index (χ3v) is 5.12. The maximum atomic E-state index is 14.8. The van der Waals surface area contributed by atoms with Crippen molar-refractivity contribution in [1.82, 2.24) is 14.4 Å². The maximum Gasteiger partial charge on any atom is 0.180 e. The molecule has 4 rings (SSSR count). The summed E-state index contributed by atoms with van der Waals surface area (Å²) in [6, 6.07) is 9.02. The summed E-state index contributed by atoms with van der Waals surface area (Å²) >= 11 is 0. The lowest BCUT2D eigenvalue weighted by Crippen LogP contribution is -2.05. The highest BCUT2D eigenvalue weighted by molar-refractivity contribution is 5.85. The monoisotopic (exact) mass is 435 g/mol. The molecule has 0 saturated heterocycles. The molecule has 32 heavy (non-hydrogen) atoms. The molecular weight excluding hydrogens is 412 g/mol. The quantitative estimate of drug-likeness (QED) is 0.388. The number of rotatable bonds is 6. The van der Waals surface area contributed by atoms with Gasteiger partial charge in [-0.25, -0.2) is 18.7 Å². The maximum absolute atomic E-state index is 14.8. The van der Waals surface area contributed by atoms with Gasteiger partial charge in [-0.3, -0.25) is 4.40 Å². The predicted molar refractivity (Wildman–Crippen MR) is 123 cm³/mol. The molecule has 0 atom stereocenters. The molecule has 0 aliphatic carbocycles. The highest BCUT2D eigenvalue weighted by Gasteiger charge is 2.20. The van der Waals surface area contributed by atoms with Gasteiger partial charge in [-0.05, 0) is 30.7 Å². The smallest absolute Gasteiger partial charge is 0.180 e. The number of nitrogen functional groups attached to an aromatic ring is 2. The van der Waals surface area contributed by atoms with Crippen LogP contribution < -0.4 is 11.5 Å². The van der Waals surface area contributed by atoms with Crippen molar-refractivity contribution in [2.45, 2.75) is 19.8 Å². The minimum Gasteiger partial charge on any atom is -0.396 e. The fourth-order valence-electron chi connectivity index (χ4n) is 3.62. The largest absolute Gasteiger partial charge is 0.396 e. The number of hydrogen-bond donors (Lipinski definition) is 3. The number of nitrogens with two attached hydrogens (primary N) is 2. The second-order valence-corrected chi connectivity index (χ2v) is 7.38. The predicted octanol–water partition coefficient (Wildman–Crippen LogP) is 4.46. The van der Waals surface area contributed by atoms with Crippen molar-refractivity contribution in [3.63, 3.8) is 0 Å². The standard InChI is InChI=1S/C24H23F2N5O/c1-2-3-5-14-10-16(12-19(26)20(14)27)22-21(15-6-4-7-17(25)11-15)30-23(28)24-29-18(8-9-32)13-31(22)24/h3-7,10-13,32H,2,8-9,27H2,1H3,(H2,28,30)/b5-3-. The van der Waals surface area contributed by atoms with Gasteiger partial charge in [0.15, 0.2) is 11.5 Å². The fourth-order valence-corrected chi connectivity index (χ4v) is 3.62. The summed E-state index contributed by atoms with van der Waals surface area (Å²) in [5.41, 5.74) is 15.5. The van der Waals surface area contributed by atoms with E-state index < -0.39 is 11.6 Å². The summed E-state index contributed by atoms with van der Waals surface area (Å²) in [5.74, 6) is -0.876. The molecule has 4 aromatic rings. The zero-order valence-electron chi connectivity index (χ0n) is 17.5. The van der Waals surface area contributed by atoms with E-state index in [4.69, 9.17) is 11.5 Å².